The molecule has 2 amide bonds. The lowest BCUT2D eigenvalue weighted by Crippen LogP contribution is -2.59. The molecule has 23 heavy (non-hydrogen) atoms. The number of aryl methyl sites for hydroxylation is 1. The second-order valence-corrected chi connectivity index (χ2v) is 6.53. The summed E-state index contributed by atoms with van der Waals surface area (Å²) in [6.45, 7) is 12.4. The third-order valence-electron chi connectivity index (χ3n) is 3.99. The van der Waals surface area contributed by atoms with Crippen LogP contribution in [0.4, 0.5) is 4.79 Å². The molecule has 3 N–H and O–H groups in total. The summed E-state index contributed by atoms with van der Waals surface area (Å²) in [5, 5.41) is 9.24. The summed E-state index contributed by atoms with van der Waals surface area (Å²) in [5.74, 6) is 0. The van der Waals surface area contributed by atoms with E-state index < -0.39 is 6.03 Å². The first kappa shape index (κ1) is 21.4. The molecule has 0 saturated heterocycles. The predicted octanol–water partition coefficient (Wildman–Crippen LogP) is 3.70. The molecule has 1 aromatic carbocycles. The highest BCUT2D eigenvalue weighted by Gasteiger charge is 2.37. The first-order chi connectivity index (χ1) is 10.8. The molecule has 1 rings (SSSR count). The molecule has 0 aromatic heterocycles. The standard InChI is InChI=1S/C10H20N2O2.C9H12/c1-5-10(3,4)7-12(6-2,8-13)9(11)14;1-2-6-9-7-4-3-5-8-9/h5,13H,1,6-8H2,2-4H3,(H-,11,14);3-5,7-8H,2,6H2,1H3/p+1. The molecule has 1 atom stereocenters. The van der Waals surface area contributed by atoms with Crippen molar-refractivity contribution in [2.75, 3.05) is 19.8 Å². The zero-order valence-corrected chi connectivity index (χ0v) is 15.1. The Labute approximate surface area is 141 Å². The van der Waals surface area contributed by atoms with Crippen LogP contribution >= 0.6 is 0 Å². The van der Waals surface area contributed by atoms with Gasteiger partial charge in [-0.05, 0) is 18.9 Å². The van der Waals surface area contributed by atoms with Crippen LogP contribution < -0.4 is 5.73 Å². The van der Waals surface area contributed by atoms with Gasteiger partial charge in [0, 0.05) is 5.41 Å². The van der Waals surface area contributed by atoms with E-state index in [2.05, 4.69) is 43.8 Å². The molecule has 4 heteroatoms. The highest BCUT2D eigenvalue weighted by Crippen LogP contribution is 2.22. The molecule has 0 spiro atoms. The number of nitrogens with zero attached hydrogens (tertiary/aromatic N) is 1. The van der Waals surface area contributed by atoms with Gasteiger partial charge in [-0.1, -0.05) is 63.6 Å². The number of carbonyl (C=O) groups is 1. The Balaban J connectivity index is 0.000000459. The van der Waals surface area contributed by atoms with E-state index in [0.717, 1.165) is 0 Å². The third-order valence-corrected chi connectivity index (χ3v) is 3.99. The number of benzene rings is 1. The first-order valence-corrected chi connectivity index (χ1v) is 8.21. The van der Waals surface area contributed by atoms with Crippen LogP contribution in [0.2, 0.25) is 0 Å². The molecule has 0 saturated carbocycles. The van der Waals surface area contributed by atoms with Gasteiger partial charge < -0.3 is 10.8 Å². The van der Waals surface area contributed by atoms with Gasteiger partial charge >= 0.3 is 6.03 Å². The lowest BCUT2D eigenvalue weighted by atomic mass is 9.92. The van der Waals surface area contributed by atoms with Crippen molar-refractivity contribution < 1.29 is 14.4 Å². The number of nitrogens with two attached hydrogens (primary N) is 1. The van der Waals surface area contributed by atoms with Crippen molar-refractivity contribution in [3.63, 3.8) is 0 Å². The van der Waals surface area contributed by atoms with Crippen molar-refractivity contribution in [1.82, 2.24) is 0 Å². The molecule has 0 heterocycles. The molecule has 4 nitrogen and oxygen atoms in total. The molecule has 0 bridgehead atoms. The highest BCUT2D eigenvalue weighted by molar-refractivity contribution is 5.64. The molecular formula is C19H33N2O2+. The van der Waals surface area contributed by atoms with Crippen molar-refractivity contribution in [2.24, 2.45) is 11.1 Å². The normalized spacial score (nSPS) is 13.4. The van der Waals surface area contributed by atoms with Crippen molar-refractivity contribution in [3.8, 4) is 0 Å². The van der Waals surface area contributed by atoms with Gasteiger partial charge in [-0.15, -0.1) is 6.58 Å². The number of aliphatic hydroxyl groups excluding tert-OH is 1. The van der Waals surface area contributed by atoms with Crippen LogP contribution in [0.3, 0.4) is 0 Å². The lowest BCUT2D eigenvalue weighted by molar-refractivity contribution is -0.872. The molecule has 0 fully saturated rings. The number of amides is 2. The van der Waals surface area contributed by atoms with Gasteiger partial charge in [-0.3, -0.25) is 0 Å². The Bertz CT molecular complexity index is 466. The predicted molar refractivity (Wildman–Crippen MR) is 96.8 cm³/mol. The number of rotatable bonds is 7. The Hall–Kier alpha value is -1.65. The first-order valence-electron chi connectivity index (χ1n) is 8.21. The Kier molecular flexibility index (Phi) is 9.46. The maximum Gasteiger partial charge on any atom is 0.415 e. The summed E-state index contributed by atoms with van der Waals surface area (Å²) >= 11 is 0. The van der Waals surface area contributed by atoms with Gasteiger partial charge in [0.05, 0.1) is 13.1 Å². The fourth-order valence-corrected chi connectivity index (χ4v) is 2.34. The minimum absolute atomic E-state index is 0.112. The second kappa shape index (κ2) is 10.2. The van der Waals surface area contributed by atoms with Gasteiger partial charge in [0.25, 0.3) is 0 Å². The summed E-state index contributed by atoms with van der Waals surface area (Å²) in [7, 11) is 0. The Morgan fingerprint density at radius 2 is 1.87 bits per heavy atom. The Morgan fingerprint density at radius 1 is 1.30 bits per heavy atom. The molecule has 130 valence electrons. The van der Waals surface area contributed by atoms with Crippen LogP contribution in [0, 0.1) is 5.41 Å². The number of urea groups is 1. The number of hydrogen-bond acceptors (Lipinski definition) is 2. The van der Waals surface area contributed by atoms with E-state index in [-0.39, 0.29) is 16.6 Å². The van der Waals surface area contributed by atoms with Gasteiger partial charge in [0.15, 0.2) is 6.73 Å². The summed E-state index contributed by atoms with van der Waals surface area (Å²) in [4.78, 5) is 11.3. The summed E-state index contributed by atoms with van der Waals surface area (Å²) in [6.07, 6.45) is 4.22. The number of primary amides is 1. The summed E-state index contributed by atoms with van der Waals surface area (Å²) in [6, 6.07) is 10.1. The molecule has 0 radical (unpaired) electrons. The maximum absolute atomic E-state index is 11.3. The summed E-state index contributed by atoms with van der Waals surface area (Å²) < 4.78 is -0.112. The number of aliphatic hydroxyl groups is 1. The maximum atomic E-state index is 11.3. The average Bonchev–Trinajstić information content (AvgIpc) is 2.54. The van der Waals surface area contributed by atoms with Crippen LogP contribution in [0.25, 0.3) is 0 Å². The van der Waals surface area contributed by atoms with Crippen LogP contribution in [0.15, 0.2) is 43.0 Å². The number of carbonyl (C=O) groups excluding carboxylic acids is 1. The van der Waals surface area contributed by atoms with E-state index in [0.29, 0.717) is 13.1 Å². The smallest absolute Gasteiger partial charge is 0.347 e. The Morgan fingerprint density at radius 3 is 2.22 bits per heavy atom. The van der Waals surface area contributed by atoms with Crippen molar-refractivity contribution in [2.45, 2.75) is 40.5 Å². The summed E-state index contributed by atoms with van der Waals surface area (Å²) in [5.41, 5.74) is 6.52. The quantitative estimate of drug-likeness (QED) is 0.457. The fourth-order valence-electron chi connectivity index (χ4n) is 2.34. The van der Waals surface area contributed by atoms with E-state index in [9.17, 15) is 9.90 Å². The van der Waals surface area contributed by atoms with Gasteiger partial charge in [-0.2, -0.15) is 0 Å². The van der Waals surface area contributed by atoms with E-state index in [1.807, 2.05) is 20.8 Å². The molecular weight excluding hydrogens is 288 g/mol. The largest absolute Gasteiger partial charge is 0.415 e. The zero-order chi connectivity index (χ0) is 17.9. The van der Waals surface area contributed by atoms with E-state index >= 15 is 0 Å². The molecule has 0 aliphatic heterocycles. The van der Waals surface area contributed by atoms with Gasteiger partial charge in [0.2, 0.25) is 0 Å². The zero-order valence-electron chi connectivity index (χ0n) is 15.1. The van der Waals surface area contributed by atoms with Crippen molar-refractivity contribution in [3.05, 3.63) is 48.6 Å². The molecule has 0 aliphatic rings. The van der Waals surface area contributed by atoms with Crippen LogP contribution in [0.5, 0.6) is 0 Å². The molecule has 0 aliphatic carbocycles. The molecule has 1 unspecified atom stereocenters. The molecule has 1 aromatic rings. The van der Waals surface area contributed by atoms with E-state index in [4.69, 9.17) is 5.73 Å². The van der Waals surface area contributed by atoms with Gasteiger partial charge in [-0.25, -0.2) is 9.28 Å². The second-order valence-electron chi connectivity index (χ2n) is 6.53. The number of hydrogen-bond donors (Lipinski definition) is 2. The third kappa shape index (κ3) is 7.44. The van der Waals surface area contributed by atoms with Crippen LogP contribution in [-0.2, 0) is 6.42 Å². The monoisotopic (exact) mass is 321 g/mol. The van der Waals surface area contributed by atoms with E-state index in [1.165, 1.54) is 18.4 Å². The van der Waals surface area contributed by atoms with E-state index in [1.54, 1.807) is 6.08 Å². The lowest BCUT2D eigenvalue weighted by Gasteiger charge is -2.36. The SMILES string of the molecule is C=CC(C)(C)C[N+](CC)(CO)C(N)=O.CCCc1ccccc1. The van der Waals surface area contributed by atoms with Crippen LogP contribution in [-0.4, -0.2) is 35.4 Å². The highest BCUT2D eigenvalue weighted by atomic mass is 16.3. The fraction of sp³-hybridized carbons (Fsp3) is 0.526. The number of quaternary nitrogens is 1. The van der Waals surface area contributed by atoms with Crippen molar-refractivity contribution in [1.29, 1.82) is 0 Å². The minimum Gasteiger partial charge on any atom is -0.347 e. The van der Waals surface area contributed by atoms with Crippen LogP contribution in [0.1, 0.15) is 39.7 Å². The topological polar surface area (TPSA) is 63.3 Å². The average molecular weight is 321 g/mol. The van der Waals surface area contributed by atoms with Gasteiger partial charge in [0.1, 0.15) is 0 Å². The minimum atomic E-state index is -0.495. The van der Waals surface area contributed by atoms with Crippen molar-refractivity contribution >= 4 is 6.03 Å².